The summed E-state index contributed by atoms with van der Waals surface area (Å²) in [5.41, 5.74) is 1.38. The van der Waals surface area contributed by atoms with Crippen LogP contribution >= 0.6 is 0 Å². The topological polar surface area (TPSA) is 69.6 Å². The van der Waals surface area contributed by atoms with Gasteiger partial charge in [-0.1, -0.05) is 24.3 Å². The summed E-state index contributed by atoms with van der Waals surface area (Å²) < 4.78 is 0. The van der Waals surface area contributed by atoms with E-state index in [9.17, 15) is 15.0 Å². The SMILES string of the molecule is CC(O)CNC1(C(=O)O)CCc2ccccc2C1. The van der Waals surface area contributed by atoms with Gasteiger partial charge in [-0.2, -0.15) is 0 Å². The van der Waals surface area contributed by atoms with E-state index in [4.69, 9.17) is 0 Å². The number of nitrogens with one attached hydrogen (secondary N) is 1. The molecule has 2 rings (SSSR count). The van der Waals surface area contributed by atoms with Gasteiger partial charge in [0.25, 0.3) is 0 Å². The van der Waals surface area contributed by atoms with Gasteiger partial charge in [-0.3, -0.25) is 10.1 Å². The zero-order chi connectivity index (χ0) is 13.2. The Morgan fingerprint density at radius 1 is 1.44 bits per heavy atom. The summed E-state index contributed by atoms with van der Waals surface area (Å²) in [6, 6.07) is 7.95. The molecule has 4 nitrogen and oxygen atoms in total. The molecule has 4 heteroatoms. The monoisotopic (exact) mass is 249 g/mol. The molecule has 0 bridgehead atoms. The minimum absolute atomic E-state index is 0.300. The molecule has 0 radical (unpaired) electrons. The molecule has 1 aliphatic carbocycles. The third-order valence-electron chi connectivity index (χ3n) is 3.58. The van der Waals surface area contributed by atoms with Crippen molar-refractivity contribution >= 4 is 5.97 Å². The molecule has 1 aromatic rings. The van der Waals surface area contributed by atoms with Crippen LogP contribution in [0, 0.1) is 0 Å². The fourth-order valence-corrected chi connectivity index (χ4v) is 2.49. The summed E-state index contributed by atoms with van der Waals surface area (Å²) >= 11 is 0. The first kappa shape index (κ1) is 13.1. The van der Waals surface area contributed by atoms with E-state index in [0.717, 1.165) is 12.0 Å². The van der Waals surface area contributed by atoms with Crippen LogP contribution in [0.1, 0.15) is 24.5 Å². The van der Waals surface area contributed by atoms with Crippen molar-refractivity contribution in [2.45, 2.75) is 37.8 Å². The number of aryl methyl sites for hydroxylation is 1. The molecule has 0 heterocycles. The van der Waals surface area contributed by atoms with Gasteiger partial charge in [0.05, 0.1) is 6.10 Å². The van der Waals surface area contributed by atoms with Crippen LogP contribution in [-0.2, 0) is 17.6 Å². The summed E-state index contributed by atoms with van der Waals surface area (Å²) in [6.45, 7) is 1.95. The van der Waals surface area contributed by atoms with Crippen molar-refractivity contribution in [1.29, 1.82) is 0 Å². The zero-order valence-corrected chi connectivity index (χ0v) is 10.5. The second-order valence-corrected chi connectivity index (χ2v) is 5.06. The number of β-amino-alcohol motifs (C(OH)–C–C–N with tert-alkyl or cyclic N) is 1. The summed E-state index contributed by atoms with van der Waals surface area (Å²) in [6.07, 6.45) is 1.26. The second kappa shape index (κ2) is 5.08. The predicted octanol–water partition coefficient (Wildman–Crippen LogP) is 0.969. The maximum absolute atomic E-state index is 11.6. The van der Waals surface area contributed by atoms with Crippen molar-refractivity contribution in [1.82, 2.24) is 5.32 Å². The molecular formula is C14H19NO3. The van der Waals surface area contributed by atoms with Crippen molar-refractivity contribution in [2.75, 3.05) is 6.54 Å². The number of carboxylic acids is 1. The molecule has 0 fully saturated rings. The molecule has 0 aliphatic heterocycles. The van der Waals surface area contributed by atoms with Gasteiger partial charge in [-0.25, -0.2) is 0 Å². The highest BCUT2D eigenvalue weighted by Gasteiger charge is 2.41. The van der Waals surface area contributed by atoms with Crippen LogP contribution in [0.4, 0.5) is 0 Å². The van der Waals surface area contributed by atoms with E-state index in [1.807, 2.05) is 18.2 Å². The maximum atomic E-state index is 11.6. The zero-order valence-electron chi connectivity index (χ0n) is 10.5. The van der Waals surface area contributed by atoms with Gasteiger partial charge in [-0.05, 0) is 30.9 Å². The molecule has 0 amide bonds. The fourth-order valence-electron chi connectivity index (χ4n) is 2.49. The molecule has 2 atom stereocenters. The lowest BCUT2D eigenvalue weighted by molar-refractivity contribution is -0.145. The van der Waals surface area contributed by atoms with E-state index >= 15 is 0 Å². The summed E-state index contributed by atoms with van der Waals surface area (Å²) in [5.74, 6) is -0.836. The number of carboxylic acid groups (broad SMARTS) is 1. The van der Waals surface area contributed by atoms with E-state index < -0.39 is 17.6 Å². The predicted molar refractivity (Wildman–Crippen MR) is 68.5 cm³/mol. The average Bonchev–Trinajstić information content (AvgIpc) is 2.36. The Labute approximate surface area is 107 Å². The van der Waals surface area contributed by atoms with Crippen LogP contribution in [0.25, 0.3) is 0 Å². The number of hydrogen-bond acceptors (Lipinski definition) is 3. The van der Waals surface area contributed by atoms with E-state index in [-0.39, 0.29) is 0 Å². The van der Waals surface area contributed by atoms with E-state index in [1.54, 1.807) is 6.92 Å². The number of aliphatic carboxylic acids is 1. The van der Waals surface area contributed by atoms with Crippen molar-refractivity contribution in [3.63, 3.8) is 0 Å². The lowest BCUT2D eigenvalue weighted by Crippen LogP contribution is -2.57. The normalized spacial score (nSPS) is 24.3. The first-order valence-corrected chi connectivity index (χ1v) is 6.27. The molecule has 2 unspecified atom stereocenters. The van der Waals surface area contributed by atoms with E-state index in [2.05, 4.69) is 11.4 Å². The molecule has 3 N–H and O–H groups in total. The fraction of sp³-hybridized carbons (Fsp3) is 0.500. The Bertz CT molecular complexity index is 444. The maximum Gasteiger partial charge on any atom is 0.324 e. The van der Waals surface area contributed by atoms with Crippen LogP contribution < -0.4 is 5.32 Å². The number of aliphatic hydroxyl groups is 1. The summed E-state index contributed by atoms with van der Waals surface area (Å²) in [4.78, 5) is 11.6. The lowest BCUT2D eigenvalue weighted by atomic mass is 9.78. The van der Waals surface area contributed by atoms with Gasteiger partial charge in [-0.15, -0.1) is 0 Å². The van der Waals surface area contributed by atoms with Gasteiger partial charge in [0.2, 0.25) is 0 Å². The van der Waals surface area contributed by atoms with E-state index in [1.165, 1.54) is 5.56 Å². The number of hydrogen-bond donors (Lipinski definition) is 3. The minimum atomic E-state index is -0.939. The quantitative estimate of drug-likeness (QED) is 0.743. The average molecular weight is 249 g/mol. The summed E-state index contributed by atoms with van der Waals surface area (Å²) in [7, 11) is 0. The van der Waals surface area contributed by atoms with Crippen molar-refractivity contribution in [2.24, 2.45) is 0 Å². The Hall–Kier alpha value is -1.39. The second-order valence-electron chi connectivity index (χ2n) is 5.06. The van der Waals surface area contributed by atoms with Crippen LogP contribution in [-0.4, -0.2) is 34.4 Å². The van der Waals surface area contributed by atoms with Crippen molar-refractivity contribution in [3.05, 3.63) is 35.4 Å². The molecule has 98 valence electrons. The Morgan fingerprint density at radius 3 is 2.72 bits per heavy atom. The highest BCUT2D eigenvalue weighted by atomic mass is 16.4. The van der Waals surface area contributed by atoms with E-state index in [0.29, 0.717) is 19.4 Å². The molecule has 18 heavy (non-hydrogen) atoms. The van der Waals surface area contributed by atoms with Crippen molar-refractivity contribution in [3.8, 4) is 0 Å². The number of rotatable bonds is 4. The Morgan fingerprint density at radius 2 is 2.11 bits per heavy atom. The first-order valence-electron chi connectivity index (χ1n) is 6.27. The molecule has 0 saturated heterocycles. The lowest BCUT2D eigenvalue weighted by Gasteiger charge is -2.35. The van der Waals surface area contributed by atoms with Gasteiger partial charge in [0, 0.05) is 13.0 Å². The highest BCUT2D eigenvalue weighted by Crippen LogP contribution is 2.29. The first-order chi connectivity index (χ1) is 8.53. The van der Waals surface area contributed by atoms with Gasteiger partial charge in [0.15, 0.2) is 0 Å². The van der Waals surface area contributed by atoms with Gasteiger partial charge >= 0.3 is 5.97 Å². The van der Waals surface area contributed by atoms with Crippen LogP contribution in [0.3, 0.4) is 0 Å². The minimum Gasteiger partial charge on any atom is -0.480 e. The molecular weight excluding hydrogens is 230 g/mol. The Kier molecular flexibility index (Phi) is 3.68. The summed E-state index contributed by atoms with van der Waals surface area (Å²) in [5, 5.41) is 21.8. The molecule has 0 aromatic heterocycles. The third-order valence-corrected chi connectivity index (χ3v) is 3.58. The third kappa shape index (κ3) is 2.54. The van der Waals surface area contributed by atoms with Crippen LogP contribution in [0.5, 0.6) is 0 Å². The molecule has 0 saturated carbocycles. The van der Waals surface area contributed by atoms with Crippen LogP contribution in [0.2, 0.25) is 0 Å². The molecule has 1 aromatic carbocycles. The number of benzene rings is 1. The number of fused-ring (bicyclic) bond motifs is 1. The molecule has 1 aliphatic rings. The largest absolute Gasteiger partial charge is 0.480 e. The smallest absolute Gasteiger partial charge is 0.324 e. The number of aliphatic hydroxyl groups excluding tert-OH is 1. The Balaban J connectivity index is 2.21. The van der Waals surface area contributed by atoms with Crippen molar-refractivity contribution < 1.29 is 15.0 Å². The van der Waals surface area contributed by atoms with Gasteiger partial charge < -0.3 is 10.2 Å². The highest BCUT2D eigenvalue weighted by molar-refractivity contribution is 5.80. The molecule has 0 spiro atoms. The standard InChI is InChI=1S/C14H19NO3/c1-10(16)9-15-14(13(17)18)7-6-11-4-2-3-5-12(11)8-14/h2-5,10,15-16H,6-9H2,1H3,(H,17,18). The number of carbonyl (C=O) groups is 1. The van der Waals surface area contributed by atoms with Crippen LogP contribution in [0.15, 0.2) is 24.3 Å². The van der Waals surface area contributed by atoms with Gasteiger partial charge in [0.1, 0.15) is 5.54 Å².